The Bertz CT molecular complexity index is 1220. The summed E-state index contributed by atoms with van der Waals surface area (Å²) in [5.74, 6) is 0.760. The molecule has 0 saturated carbocycles. The number of hydrogen-bond donors (Lipinski definition) is 1. The van der Waals surface area contributed by atoms with Crippen LogP contribution >= 0.6 is 11.8 Å². The van der Waals surface area contributed by atoms with Crippen LogP contribution in [0.5, 0.6) is 5.75 Å². The quantitative estimate of drug-likeness (QED) is 0.292. The maximum Gasteiger partial charge on any atom is 0.338 e. The first-order valence-electron chi connectivity index (χ1n) is 10.2. The standard InChI is InChI=1S/C24H23FN4O3S/c1-4-12-32-22(30)20-15(2)26-23-27-24(33-14-17-8-5-6-11-19(17)25)28-29(23)21(20)16-9-7-10-18(13-16)31-3/h4-11,13,21H,1,12,14H2,2-3H3,(H,26,27,28). The number of benzene rings is 2. The molecule has 0 radical (unpaired) electrons. The van der Waals surface area contributed by atoms with E-state index in [0.29, 0.717) is 39.4 Å². The molecule has 1 N–H and O–H groups in total. The Hall–Kier alpha value is -3.59. The number of methoxy groups -OCH3 is 1. The van der Waals surface area contributed by atoms with E-state index in [1.807, 2.05) is 24.3 Å². The van der Waals surface area contributed by atoms with Gasteiger partial charge in [0.05, 0.1) is 12.7 Å². The predicted octanol–water partition coefficient (Wildman–Crippen LogP) is 4.74. The predicted molar refractivity (Wildman–Crippen MR) is 125 cm³/mol. The number of fused-ring (bicyclic) bond motifs is 1. The molecule has 1 atom stereocenters. The molecule has 4 rings (SSSR count). The van der Waals surface area contributed by atoms with Crippen molar-refractivity contribution in [2.75, 3.05) is 19.0 Å². The lowest BCUT2D eigenvalue weighted by Gasteiger charge is -2.28. The minimum absolute atomic E-state index is 0.0917. The third-order valence-electron chi connectivity index (χ3n) is 5.11. The Kier molecular flexibility index (Phi) is 6.79. The van der Waals surface area contributed by atoms with E-state index >= 15 is 0 Å². The molecule has 7 nitrogen and oxygen atoms in total. The number of nitrogens with one attached hydrogen (secondary N) is 1. The fraction of sp³-hybridized carbons (Fsp3) is 0.208. The highest BCUT2D eigenvalue weighted by molar-refractivity contribution is 7.98. The van der Waals surface area contributed by atoms with Gasteiger partial charge in [0.15, 0.2) is 0 Å². The number of allylic oxidation sites excluding steroid dienone is 1. The molecule has 1 aliphatic heterocycles. The number of nitrogens with zero attached hydrogens (tertiary/aromatic N) is 3. The van der Waals surface area contributed by atoms with Crippen LogP contribution < -0.4 is 10.1 Å². The van der Waals surface area contributed by atoms with Crippen LogP contribution in [0.2, 0.25) is 0 Å². The zero-order valence-electron chi connectivity index (χ0n) is 18.2. The summed E-state index contributed by atoms with van der Waals surface area (Å²) in [5, 5.41) is 8.25. The number of hydrogen-bond acceptors (Lipinski definition) is 7. The van der Waals surface area contributed by atoms with Gasteiger partial charge in [0.1, 0.15) is 24.2 Å². The normalized spacial score (nSPS) is 14.9. The summed E-state index contributed by atoms with van der Waals surface area (Å²) in [6.45, 7) is 5.49. The maximum absolute atomic E-state index is 14.0. The van der Waals surface area contributed by atoms with Gasteiger partial charge in [-0.2, -0.15) is 4.98 Å². The van der Waals surface area contributed by atoms with Crippen LogP contribution in [-0.4, -0.2) is 34.5 Å². The van der Waals surface area contributed by atoms with Gasteiger partial charge in [-0.3, -0.25) is 0 Å². The highest BCUT2D eigenvalue weighted by atomic mass is 32.2. The fourth-order valence-corrected chi connectivity index (χ4v) is 4.36. The van der Waals surface area contributed by atoms with Crippen LogP contribution in [0.15, 0.2) is 77.6 Å². The van der Waals surface area contributed by atoms with Crippen LogP contribution in [0, 0.1) is 5.82 Å². The van der Waals surface area contributed by atoms with Gasteiger partial charge in [0.25, 0.3) is 0 Å². The van der Waals surface area contributed by atoms with Crippen molar-refractivity contribution in [2.45, 2.75) is 23.9 Å². The van der Waals surface area contributed by atoms with E-state index in [9.17, 15) is 9.18 Å². The number of aromatic nitrogens is 3. The van der Waals surface area contributed by atoms with Crippen molar-refractivity contribution in [3.05, 3.63) is 89.4 Å². The minimum atomic E-state index is -0.580. The summed E-state index contributed by atoms with van der Waals surface area (Å²) in [6.07, 6.45) is 1.52. The first kappa shape index (κ1) is 22.6. The van der Waals surface area contributed by atoms with E-state index in [0.717, 1.165) is 5.56 Å². The number of rotatable bonds is 8. The Morgan fingerprint density at radius 2 is 2.12 bits per heavy atom. The Labute approximate surface area is 195 Å². The smallest absolute Gasteiger partial charge is 0.338 e. The van der Waals surface area contributed by atoms with Crippen LogP contribution in [0.25, 0.3) is 0 Å². The molecule has 1 unspecified atom stereocenters. The number of halogens is 1. The van der Waals surface area contributed by atoms with Crippen LogP contribution in [0.3, 0.4) is 0 Å². The summed E-state index contributed by atoms with van der Waals surface area (Å²) in [4.78, 5) is 17.5. The molecule has 1 aromatic heterocycles. The zero-order chi connectivity index (χ0) is 23.4. The molecule has 0 bridgehead atoms. The maximum atomic E-state index is 14.0. The van der Waals surface area contributed by atoms with Crippen molar-refractivity contribution in [2.24, 2.45) is 0 Å². The second kappa shape index (κ2) is 9.91. The second-order valence-electron chi connectivity index (χ2n) is 7.27. The number of thioether (sulfide) groups is 1. The number of carbonyl (C=O) groups is 1. The first-order valence-corrected chi connectivity index (χ1v) is 11.2. The molecule has 0 fully saturated rings. The Morgan fingerprint density at radius 3 is 2.88 bits per heavy atom. The van der Waals surface area contributed by atoms with Gasteiger partial charge in [-0.05, 0) is 36.2 Å². The average molecular weight is 467 g/mol. The molecule has 33 heavy (non-hydrogen) atoms. The van der Waals surface area contributed by atoms with Gasteiger partial charge in [-0.25, -0.2) is 13.9 Å². The van der Waals surface area contributed by atoms with Gasteiger partial charge in [0, 0.05) is 11.4 Å². The molecular weight excluding hydrogens is 443 g/mol. The molecule has 0 saturated heterocycles. The van der Waals surface area contributed by atoms with E-state index < -0.39 is 12.0 Å². The lowest BCUT2D eigenvalue weighted by Crippen LogP contribution is -2.29. The van der Waals surface area contributed by atoms with Gasteiger partial charge < -0.3 is 14.8 Å². The van der Waals surface area contributed by atoms with Crippen LogP contribution in [-0.2, 0) is 15.3 Å². The molecule has 1 aliphatic rings. The average Bonchev–Trinajstić information content (AvgIpc) is 3.23. The number of anilines is 1. The summed E-state index contributed by atoms with van der Waals surface area (Å²) < 4.78 is 26.4. The summed E-state index contributed by atoms with van der Waals surface area (Å²) in [5.41, 5.74) is 2.38. The molecule has 9 heteroatoms. The first-order chi connectivity index (χ1) is 16.0. The van der Waals surface area contributed by atoms with Crippen molar-refractivity contribution in [1.29, 1.82) is 0 Å². The highest BCUT2D eigenvalue weighted by Gasteiger charge is 2.35. The largest absolute Gasteiger partial charge is 0.497 e. The van der Waals surface area contributed by atoms with E-state index in [1.165, 1.54) is 23.9 Å². The third-order valence-corrected chi connectivity index (χ3v) is 6.00. The second-order valence-corrected chi connectivity index (χ2v) is 8.22. The van der Waals surface area contributed by atoms with Crippen LogP contribution in [0.4, 0.5) is 10.3 Å². The topological polar surface area (TPSA) is 78.3 Å². The zero-order valence-corrected chi connectivity index (χ0v) is 19.1. The molecule has 2 heterocycles. The number of esters is 1. The molecule has 0 spiro atoms. The Balaban J connectivity index is 1.71. The fourth-order valence-electron chi connectivity index (χ4n) is 3.55. The van der Waals surface area contributed by atoms with E-state index in [2.05, 4.69) is 22.0 Å². The van der Waals surface area contributed by atoms with E-state index in [1.54, 1.807) is 36.9 Å². The lowest BCUT2D eigenvalue weighted by atomic mass is 9.95. The van der Waals surface area contributed by atoms with Gasteiger partial charge in [0.2, 0.25) is 11.1 Å². The SMILES string of the molecule is C=CCOC(=O)C1=C(C)Nc2nc(SCc3ccccc3F)nn2C1c1cccc(OC)c1. The molecule has 0 amide bonds. The lowest BCUT2D eigenvalue weighted by molar-refractivity contribution is -0.138. The minimum Gasteiger partial charge on any atom is -0.497 e. The van der Waals surface area contributed by atoms with Crippen molar-refractivity contribution in [1.82, 2.24) is 14.8 Å². The molecule has 170 valence electrons. The van der Waals surface area contributed by atoms with Crippen LogP contribution in [0.1, 0.15) is 24.1 Å². The molecule has 3 aromatic rings. The number of ether oxygens (including phenoxy) is 2. The van der Waals surface area contributed by atoms with Crippen molar-refractivity contribution in [3.8, 4) is 5.75 Å². The molecular formula is C24H23FN4O3S. The van der Waals surface area contributed by atoms with E-state index in [4.69, 9.17) is 9.47 Å². The van der Waals surface area contributed by atoms with Crippen molar-refractivity contribution in [3.63, 3.8) is 0 Å². The summed E-state index contributed by atoms with van der Waals surface area (Å²) >= 11 is 1.32. The molecule has 0 aliphatic carbocycles. The third kappa shape index (κ3) is 4.78. The van der Waals surface area contributed by atoms with Crippen molar-refractivity contribution < 1.29 is 18.7 Å². The van der Waals surface area contributed by atoms with E-state index in [-0.39, 0.29) is 12.4 Å². The highest BCUT2D eigenvalue weighted by Crippen LogP contribution is 2.38. The Morgan fingerprint density at radius 1 is 1.30 bits per heavy atom. The van der Waals surface area contributed by atoms with Gasteiger partial charge in [-0.15, -0.1) is 5.10 Å². The van der Waals surface area contributed by atoms with Crippen molar-refractivity contribution >= 4 is 23.7 Å². The summed E-state index contributed by atoms with van der Waals surface area (Å²) in [7, 11) is 1.58. The summed E-state index contributed by atoms with van der Waals surface area (Å²) in [6, 6.07) is 13.4. The van der Waals surface area contributed by atoms with Gasteiger partial charge in [-0.1, -0.05) is 54.7 Å². The van der Waals surface area contributed by atoms with Gasteiger partial charge >= 0.3 is 5.97 Å². The monoisotopic (exact) mass is 466 g/mol. The molecule has 2 aromatic carbocycles. The number of carbonyl (C=O) groups excluding carboxylic acids is 1.